The molecule has 0 aromatic carbocycles. The van der Waals surface area contributed by atoms with Crippen LogP contribution in [0, 0.1) is 0 Å². The number of hydrogen-bond donors (Lipinski definition) is 0. The lowest BCUT2D eigenvalue weighted by Crippen LogP contribution is -1.88. The van der Waals surface area contributed by atoms with Crippen LogP contribution in [0.2, 0.25) is 0 Å². The summed E-state index contributed by atoms with van der Waals surface area (Å²) in [7, 11) is 0. The van der Waals surface area contributed by atoms with Crippen molar-refractivity contribution in [3.63, 3.8) is 0 Å². The molecule has 0 fully saturated rings. The molecular weight excluding hydrogens is 253 g/mol. The van der Waals surface area contributed by atoms with Gasteiger partial charge in [0.2, 0.25) is 0 Å². The second-order valence-electron chi connectivity index (χ2n) is 1.36. The minimum absolute atomic E-state index is 0.0349. The van der Waals surface area contributed by atoms with Crippen molar-refractivity contribution in [2.75, 3.05) is 0 Å². The molecule has 0 aliphatic rings. The quantitative estimate of drug-likeness (QED) is 0.416. The summed E-state index contributed by atoms with van der Waals surface area (Å²) in [4.78, 5) is 10.4. The van der Waals surface area contributed by atoms with Crippen LogP contribution in [0.4, 0.5) is 0 Å². The largest absolute Gasteiger partial charge is 0.275 e. The van der Waals surface area contributed by atoms with E-state index in [0.717, 1.165) is 5.54 Å². The van der Waals surface area contributed by atoms with Gasteiger partial charge in [-0.2, -0.15) is 0 Å². The number of hydrogen-bond acceptors (Lipinski definition) is 1. The van der Waals surface area contributed by atoms with Crippen molar-refractivity contribution >= 4 is 63.2 Å². The molecule has 0 unspecified atom stereocenters. The van der Waals surface area contributed by atoms with Gasteiger partial charge in [0.15, 0.2) is 0 Å². The minimum Gasteiger partial charge on any atom is -0.275 e. The van der Waals surface area contributed by atoms with E-state index in [2.05, 4.69) is 0 Å². The first-order valence-electron chi connectivity index (χ1n) is 2.22. The predicted octanol–water partition coefficient (Wildman–Crippen LogP) is 3.76. The average Bonchev–Trinajstić information content (AvgIpc) is 2.00. The fourth-order valence-electron chi connectivity index (χ4n) is 0.239. The molecule has 0 aliphatic heterocycles. The third-order valence-electron chi connectivity index (χ3n) is 0.671. The van der Waals surface area contributed by atoms with E-state index >= 15 is 0 Å². The first kappa shape index (κ1) is 11.6. The van der Waals surface area contributed by atoms with Gasteiger partial charge in [0.05, 0.1) is 10.1 Å². The van der Waals surface area contributed by atoms with Crippen molar-refractivity contribution in [3.8, 4) is 0 Å². The molecule has 6 heteroatoms. The summed E-state index contributed by atoms with van der Waals surface area (Å²) >= 11 is 26.3. The van der Waals surface area contributed by atoms with Gasteiger partial charge in [0.25, 0.3) is 5.24 Å². The average molecular weight is 254 g/mol. The topological polar surface area (TPSA) is 17.1 Å². The SMILES string of the molecule is O=C(Cl)C(Cl)=C(Cl)C(Cl)=CCl. The van der Waals surface area contributed by atoms with Crippen LogP contribution in [0.3, 0.4) is 0 Å². The summed E-state index contributed by atoms with van der Waals surface area (Å²) in [6.45, 7) is 0. The highest BCUT2D eigenvalue weighted by atomic mass is 35.5. The lowest BCUT2D eigenvalue weighted by atomic mass is 10.5. The Morgan fingerprint density at radius 3 is 1.73 bits per heavy atom. The molecule has 0 radical (unpaired) electrons. The summed E-state index contributed by atoms with van der Waals surface area (Å²) in [6.07, 6.45) is 0. The van der Waals surface area contributed by atoms with Gasteiger partial charge in [-0.25, -0.2) is 0 Å². The summed E-state index contributed by atoms with van der Waals surface area (Å²) in [5.74, 6) is 0. The third kappa shape index (κ3) is 3.68. The Kier molecular flexibility index (Phi) is 5.57. The molecule has 0 spiro atoms. The van der Waals surface area contributed by atoms with Crippen LogP contribution in [0.15, 0.2) is 20.6 Å². The number of carbonyl (C=O) groups excluding carboxylic acids is 1. The van der Waals surface area contributed by atoms with Gasteiger partial charge >= 0.3 is 0 Å². The van der Waals surface area contributed by atoms with Crippen LogP contribution in [0.1, 0.15) is 0 Å². The number of rotatable bonds is 2. The summed E-state index contributed by atoms with van der Waals surface area (Å²) in [5, 5.41) is -1.43. The van der Waals surface area contributed by atoms with Gasteiger partial charge in [-0.3, -0.25) is 4.79 Å². The Morgan fingerprint density at radius 2 is 1.45 bits per heavy atom. The van der Waals surface area contributed by atoms with Crippen molar-refractivity contribution in [2.24, 2.45) is 0 Å². The number of halogens is 5. The molecule has 0 aromatic heterocycles. The normalized spacial score (nSPS) is 14.5. The molecule has 0 saturated heterocycles. The summed E-state index contributed by atoms with van der Waals surface area (Å²) in [6, 6.07) is 0. The fourth-order valence-corrected chi connectivity index (χ4v) is 0.932. The molecule has 0 amide bonds. The first-order valence-corrected chi connectivity index (χ1v) is 4.17. The molecule has 0 N–H and O–H groups in total. The van der Waals surface area contributed by atoms with E-state index in [9.17, 15) is 4.79 Å². The molecule has 62 valence electrons. The molecule has 0 aliphatic carbocycles. The van der Waals surface area contributed by atoms with Crippen molar-refractivity contribution in [1.82, 2.24) is 0 Å². The fraction of sp³-hybridized carbons (Fsp3) is 0. The minimum atomic E-state index is -0.881. The number of carbonyl (C=O) groups is 1. The highest BCUT2D eigenvalue weighted by molar-refractivity contribution is 6.75. The lowest BCUT2D eigenvalue weighted by Gasteiger charge is -1.95. The predicted molar refractivity (Wildman–Crippen MR) is 49.4 cm³/mol. The van der Waals surface area contributed by atoms with E-state index in [1.54, 1.807) is 0 Å². The third-order valence-corrected chi connectivity index (χ3v) is 2.53. The molecule has 11 heavy (non-hydrogen) atoms. The zero-order chi connectivity index (χ0) is 9.02. The van der Waals surface area contributed by atoms with Gasteiger partial charge in [-0.05, 0) is 11.6 Å². The second kappa shape index (κ2) is 5.28. The molecule has 0 rings (SSSR count). The number of allylic oxidation sites excluding steroid dienone is 3. The summed E-state index contributed by atoms with van der Waals surface area (Å²) < 4.78 is 0. The van der Waals surface area contributed by atoms with Gasteiger partial charge in [0.1, 0.15) is 5.03 Å². The molecule has 0 aromatic rings. The van der Waals surface area contributed by atoms with Crippen LogP contribution in [-0.4, -0.2) is 5.24 Å². The van der Waals surface area contributed by atoms with Crippen molar-refractivity contribution in [1.29, 1.82) is 0 Å². The van der Waals surface area contributed by atoms with Gasteiger partial charge < -0.3 is 0 Å². The lowest BCUT2D eigenvalue weighted by molar-refractivity contribution is -0.108. The van der Waals surface area contributed by atoms with E-state index in [1.807, 2.05) is 0 Å². The van der Waals surface area contributed by atoms with Crippen molar-refractivity contribution in [3.05, 3.63) is 20.6 Å². The highest BCUT2D eigenvalue weighted by Crippen LogP contribution is 2.26. The van der Waals surface area contributed by atoms with E-state index in [4.69, 9.17) is 58.0 Å². The van der Waals surface area contributed by atoms with Gasteiger partial charge in [-0.15, -0.1) is 0 Å². The maximum Gasteiger partial charge on any atom is 0.265 e. The Balaban J connectivity index is 4.81. The summed E-state index contributed by atoms with van der Waals surface area (Å²) in [5.41, 5.74) is 0.978. The second-order valence-corrected chi connectivity index (χ2v) is 3.08. The smallest absolute Gasteiger partial charge is 0.265 e. The molecule has 0 saturated carbocycles. The Labute approximate surface area is 88.5 Å². The highest BCUT2D eigenvalue weighted by Gasteiger charge is 2.10. The van der Waals surface area contributed by atoms with Crippen LogP contribution < -0.4 is 0 Å². The van der Waals surface area contributed by atoms with E-state index in [0.29, 0.717) is 0 Å². The molecule has 0 atom stereocenters. The monoisotopic (exact) mass is 252 g/mol. The van der Waals surface area contributed by atoms with Gasteiger partial charge in [-0.1, -0.05) is 46.4 Å². The van der Waals surface area contributed by atoms with Crippen molar-refractivity contribution in [2.45, 2.75) is 0 Å². The Morgan fingerprint density at radius 1 is 1.00 bits per heavy atom. The van der Waals surface area contributed by atoms with Crippen LogP contribution in [-0.2, 0) is 4.79 Å². The maximum absolute atomic E-state index is 10.4. The molecule has 1 nitrogen and oxygen atoms in total. The Hall–Kier alpha value is 0.600. The van der Waals surface area contributed by atoms with Crippen LogP contribution in [0.5, 0.6) is 0 Å². The van der Waals surface area contributed by atoms with E-state index in [-0.39, 0.29) is 15.1 Å². The van der Waals surface area contributed by atoms with Crippen LogP contribution >= 0.6 is 58.0 Å². The Bertz CT molecular complexity index is 229. The standard InChI is InChI=1S/C5HCl5O/c6-1-2(7)3(8)4(9)5(10)11/h1H. The first-order chi connectivity index (χ1) is 5.00. The van der Waals surface area contributed by atoms with Crippen LogP contribution in [0.25, 0.3) is 0 Å². The maximum atomic E-state index is 10.4. The molecular formula is C5HCl5O. The van der Waals surface area contributed by atoms with E-state index < -0.39 is 5.24 Å². The van der Waals surface area contributed by atoms with E-state index in [1.165, 1.54) is 0 Å². The zero-order valence-corrected chi connectivity index (χ0v) is 8.66. The zero-order valence-electron chi connectivity index (χ0n) is 4.88. The molecule has 0 heterocycles. The molecule has 0 bridgehead atoms. The van der Waals surface area contributed by atoms with Gasteiger partial charge in [0, 0.05) is 5.54 Å². The van der Waals surface area contributed by atoms with Crippen molar-refractivity contribution < 1.29 is 4.79 Å².